The molecule has 1 aromatic heterocycles. The summed E-state index contributed by atoms with van der Waals surface area (Å²) in [5.41, 5.74) is 5.25. The van der Waals surface area contributed by atoms with E-state index in [-0.39, 0.29) is 11.6 Å². The molecule has 3 heteroatoms. The normalized spacial score (nSPS) is 18.6. The SMILES string of the molecule is CC1=CC(=c2ccc(=C3C=C(C)C(=O)C(C)=C3)s2)C=C(C)C1=O. The third kappa shape index (κ3) is 2.84. The Kier molecular flexibility index (Phi) is 3.90. The molecule has 0 bridgehead atoms. The summed E-state index contributed by atoms with van der Waals surface area (Å²) in [6, 6.07) is 4.16. The van der Waals surface area contributed by atoms with Crippen LogP contribution in [0.15, 0.2) is 58.7 Å². The van der Waals surface area contributed by atoms with Gasteiger partial charge in [-0.1, -0.05) is 0 Å². The number of Topliss-reactive ketones (excluding diaryl/α,β-unsaturated/α-hetero) is 2. The third-order valence-corrected chi connectivity index (χ3v) is 5.28. The molecule has 23 heavy (non-hydrogen) atoms. The first-order valence-electron chi connectivity index (χ1n) is 7.54. The van der Waals surface area contributed by atoms with Crippen LogP contribution in [-0.4, -0.2) is 11.6 Å². The molecule has 2 aliphatic carbocycles. The van der Waals surface area contributed by atoms with E-state index < -0.39 is 0 Å². The monoisotopic (exact) mass is 322 g/mol. The first kappa shape index (κ1) is 15.6. The minimum absolute atomic E-state index is 0.114. The maximum absolute atomic E-state index is 11.9. The number of thiophene rings is 1. The van der Waals surface area contributed by atoms with E-state index in [0.717, 1.165) is 42.5 Å². The van der Waals surface area contributed by atoms with Crippen LogP contribution in [0.4, 0.5) is 0 Å². The lowest BCUT2D eigenvalue weighted by atomic mass is 9.96. The van der Waals surface area contributed by atoms with Crippen molar-refractivity contribution in [3.63, 3.8) is 0 Å². The largest absolute Gasteiger partial charge is 0.289 e. The molecule has 0 unspecified atom stereocenters. The first-order chi connectivity index (χ1) is 10.9. The molecule has 0 radical (unpaired) electrons. The molecule has 2 nitrogen and oxygen atoms in total. The van der Waals surface area contributed by atoms with Crippen LogP contribution in [0.25, 0.3) is 11.1 Å². The van der Waals surface area contributed by atoms with Gasteiger partial charge in [0.25, 0.3) is 0 Å². The molecule has 0 saturated carbocycles. The van der Waals surface area contributed by atoms with Gasteiger partial charge in [-0.05, 0) is 97.6 Å². The number of carbonyl (C=O) groups is 2. The maximum atomic E-state index is 11.9. The van der Waals surface area contributed by atoms with Crippen LogP contribution in [0, 0.1) is 0 Å². The Hall–Kier alpha value is -2.26. The fourth-order valence-electron chi connectivity index (χ4n) is 2.83. The first-order valence-corrected chi connectivity index (χ1v) is 8.35. The molecule has 116 valence electrons. The minimum atomic E-state index is 0.114. The molecule has 0 atom stereocenters. The van der Waals surface area contributed by atoms with Crippen LogP contribution in [0.1, 0.15) is 27.7 Å². The Morgan fingerprint density at radius 1 is 0.609 bits per heavy atom. The third-order valence-electron chi connectivity index (χ3n) is 4.10. The van der Waals surface area contributed by atoms with E-state index in [1.165, 1.54) is 0 Å². The van der Waals surface area contributed by atoms with Gasteiger partial charge < -0.3 is 0 Å². The van der Waals surface area contributed by atoms with Crippen LogP contribution in [0.5, 0.6) is 0 Å². The predicted octanol–water partition coefficient (Wildman–Crippen LogP) is 3.00. The standard InChI is InChI=1S/C20H18O2S/c1-11-7-15(8-12(2)19(11)21)17-5-6-18(23-17)16-9-13(3)20(22)14(4)10-16/h5-10H,1-4H3. The summed E-state index contributed by atoms with van der Waals surface area (Å²) in [7, 11) is 0. The van der Waals surface area contributed by atoms with Gasteiger partial charge in [0.15, 0.2) is 11.6 Å². The highest BCUT2D eigenvalue weighted by molar-refractivity contribution is 7.08. The number of rotatable bonds is 0. The van der Waals surface area contributed by atoms with E-state index in [0.29, 0.717) is 0 Å². The second-order valence-corrected chi connectivity index (χ2v) is 7.13. The van der Waals surface area contributed by atoms with Gasteiger partial charge in [0, 0.05) is 9.06 Å². The van der Waals surface area contributed by atoms with Gasteiger partial charge in [0.2, 0.25) is 0 Å². The Labute approximate surface area is 139 Å². The average molecular weight is 322 g/mol. The molecule has 1 heterocycles. The number of allylic oxidation sites excluding steroid dienone is 8. The van der Waals surface area contributed by atoms with E-state index in [1.807, 2.05) is 52.0 Å². The highest BCUT2D eigenvalue weighted by Crippen LogP contribution is 2.20. The molecule has 0 spiro atoms. The number of ketones is 2. The zero-order valence-electron chi connectivity index (χ0n) is 13.7. The van der Waals surface area contributed by atoms with Crippen LogP contribution < -0.4 is 9.06 Å². The molecular weight excluding hydrogens is 304 g/mol. The van der Waals surface area contributed by atoms with Gasteiger partial charge in [0.1, 0.15) is 0 Å². The Morgan fingerprint density at radius 2 is 0.913 bits per heavy atom. The topological polar surface area (TPSA) is 34.1 Å². The predicted molar refractivity (Wildman–Crippen MR) is 95.4 cm³/mol. The lowest BCUT2D eigenvalue weighted by molar-refractivity contribution is -0.113. The number of hydrogen-bond donors (Lipinski definition) is 0. The molecule has 0 amide bonds. The van der Waals surface area contributed by atoms with Crippen molar-refractivity contribution in [1.82, 2.24) is 0 Å². The van der Waals surface area contributed by atoms with Gasteiger partial charge in [-0.2, -0.15) is 0 Å². The second kappa shape index (κ2) is 5.74. The summed E-state index contributed by atoms with van der Waals surface area (Å²) in [5.74, 6) is 0.227. The molecule has 2 aliphatic rings. The van der Waals surface area contributed by atoms with E-state index in [1.54, 1.807) is 11.3 Å². The fraction of sp³-hybridized carbons (Fsp3) is 0.200. The Bertz CT molecular complexity index is 849. The summed E-state index contributed by atoms with van der Waals surface area (Å²) >= 11 is 1.68. The van der Waals surface area contributed by atoms with Crippen LogP contribution in [0.3, 0.4) is 0 Å². The smallest absolute Gasteiger partial charge is 0.184 e. The van der Waals surface area contributed by atoms with Crippen molar-refractivity contribution >= 4 is 34.0 Å². The lowest BCUT2D eigenvalue weighted by Crippen LogP contribution is -2.10. The van der Waals surface area contributed by atoms with Crippen LogP contribution in [0.2, 0.25) is 0 Å². The highest BCUT2D eigenvalue weighted by atomic mass is 32.1. The number of hydrogen-bond acceptors (Lipinski definition) is 3. The van der Waals surface area contributed by atoms with Gasteiger partial charge >= 0.3 is 0 Å². The van der Waals surface area contributed by atoms with Crippen molar-refractivity contribution in [2.75, 3.05) is 0 Å². The Balaban J connectivity index is 2.20. The van der Waals surface area contributed by atoms with Gasteiger partial charge in [-0.15, -0.1) is 11.3 Å². The fourth-order valence-corrected chi connectivity index (χ4v) is 3.81. The molecule has 0 fully saturated rings. The van der Waals surface area contributed by atoms with Crippen molar-refractivity contribution in [1.29, 1.82) is 0 Å². The van der Waals surface area contributed by atoms with Crippen molar-refractivity contribution in [3.8, 4) is 0 Å². The number of carbonyl (C=O) groups excluding carboxylic acids is 2. The lowest BCUT2D eigenvalue weighted by Gasteiger charge is -2.09. The molecule has 0 aliphatic heterocycles. The van der Waals surface area contributed by atoms with Crippen molar-refractivity contribution in [2.24, 2.45) is 0 Å². The Morgan fingerprint density at radius 3 is 1.22 bits per heavy atom. The maximum Gasteiger partial charge on any atom is 0.184 e. The second-order valence-electron chi connectivity index (χ2n) is 6.04. The van der Waals surface area contributed by atoms with Gasteiger partial charge in [-0.3, -0.25) is 9.59 Å². The molecule has 1 aromatic rings. The van der Waals surface area contributed by atoms with Crippen molar-refractivity contribution < 1.29 is 9.59 Å². The van der Waals surface area contributed by atoms with Crippen LogP contribution >= 0.6 is 11.3 Å². The van der Waals surface area contributed by atoms with Gasteiger partial charge in [-0.25, -0.2) is 0 Å². The molecular formula is C20H18O2S. The average Bonchev–Trinajstić information content (AvgIpc) is 2.99. The zero-order valence-corrected chi connectivity index (χ0v) is 14.5. The molecule has 3 rings (SSSR count). The van der Waals surface area contributed by atoms with Crippen molar-refractivity contribution in [3.05, 3.63) is 67.8 Å². The molecule has 0 N–H and O–H groups in total. The summed E-state index contributed by atoms with van der Waals surface area (Å²) < 4.78 is 2.26. The molecule has 0 aromatic carbocycles. The summed E-state index contributed by atoms with van der Waals surface area (Å²) in [4.78, 5) is 23.7. The zero-order chi connectivity index (χ0) is 16.7. The van der Waals surface area contributed by atoms with E-state index in [9.17, 15) is 9.59 Å². The van der Waals surface area contributed by atoms with Gasteiger partial charge in [0.05, 0.1) is 0 Å². The minimum Gasteiger partial charge on any atom is -0.289 e. The highest BCUT2D eigenvalue weighted by Gasteiger charge is 2.15. The van der Waals surface area contributed by atoms with E-state index >= 15 is 0 Å². The summed E-state index contributed by atoms with van der Waals surface area (Å²) in [5, 5.41) is 0. The quantitative estimate of drug-likeness (QED) is 0.736. The molecule has 0 saturated heterocycles. The summed E-state index contributed by atoms with van der Waals surface area (Å²) in [6.45, 7) is 7.42. The summed E-state index contributed by atoms with van der Waals surface area (Å²) in [6.07, 6.45) is 7.79. The van der Waals surface area contributed by atoms with E-state index in [4.69, 9.17) is 0 Å². The van der Waals surface area contributed by atoms with E-state index in [2.05, 4.69) is 12.1 Å². The van der Waals surface area contributed by atoms with Crippen molar-refractivity contribution in [2.45, 2.75) is 27.7 Å². The van der Waals surface area contributed by atoms with Crippen LogP contribution in [-0.2, 0) is 9.59 Å².